The maximum atomic E-state index is 12.6. The number of rotatable bonds is 3. The minimum Gasteiger partial charge on any atom is -0.497 e. The Morgan fingerprint density at radius 1 is 1.55 bits per heavy atom. The van der Waals surface area contributed by atoms with Crippen LogP contribution in [0.3, 0.4) is 0 Å². The van der Waals surface area contributed by atoms with E-state index in [1.165, 1.54) is 0 Å². The molecule has 2 aromatic rings. The van der Waals surface area contributed by atoms with Crippen molar-refractivity contribution in [2.45, 2.75) is 13.0 Å². The van der Waals surface area contributed by atoms with E-state index < -0.39 is 0 Å². The molecule has 20 heavy (non-hydrogen) atoms. The lowest BCUT2D eigenvalue weighted by Crippen LogP contribution is -2.26. The molecule has 0 saturated carbocycles. The van der Waals surface area contributed by atoms with Crippen molar-refractivity contribution in [3.63, 3.8) is 0 Å². The summed E-state index contributed by atoms with van der Waals surface area (Å²) in [6, 6.07) is 5.24. The molecule has 1 aromatic carbocycles. The molecule has 1 unspecified atom stereocenters. The molecule has 0 amide bonds. The van der Waals surface area contributed by atoms with E-state index in [0.29, 0.717) is 29.1 Å². The monoisotopic (exact) mass is 293 g/mol. The molecule has 0 spiro atoms. The minimum atomic E-state index is -0.106. The van der Waals surface area contributed by atoms with Crippen molar-refractivity contribution in [1.29, 1.82) is 0 Å². The molecule has 1 saturated heterocycles. The molecule has 0 bridgehead atoms. The zero-order valence-electron chi connectivity index (χ0n) is 11.2. The van der Waals surface area contributed by atoms with E-state index in [1.54, 1.807) is 29.9 Å². The summed E-state index contributed by atoms with van der Waals surface area (Å²) >= 11 is 6.16. The van der Waals surface area contributed by atoms with Gasteiger partial charge in [-0.25, -0.2) is 4.98 Å². The Bertz CT molecular complexity index is 693. The summed E-state index contributed by atoms with van der Waals surface area (Å²) < 4.78 is 6.72. The van der Waals surface area contributed by atoms with E-state index in [0.717, 1.165) is 19.5 Å². The summed E-state index contributed by atoms with van der Waals surface area (Å²) in [6.07, 6.45) is 1.05. The van der Waals surface area contributed by atoms with E-state index in [-0.39, 0.29) is 10.8 Å². The summed E-state index contributed by atoms with van der Waals surface area (Å²) in [5.41, 5.74) is 0.493. The van der Waals surface area contributed by atoms with Crippen molar-refractivity contribution >= 4 is 22.5 Å². The van der Waals surface area contributed by atoms with E-state index >= 15 is 0 Å². The van der Waals surface area contributed by atoms with E-state index in [9.17, 15) is 4.79 Å². The Morgan fingerprint density at radius 2 is 2.40 bits per heavy atom. The van der Waals surface area contributed by atoms with E-state index in [1.807, 2.05) is 0 Å². The topological polar surface area (TPSA) is 56.1 Å². The van der Waals surface area contributed by atoms with Crippen molar-refractivity contribution in [1.82, 2.24) is 14.9 Å². The Balaban J connectivity index is 2.08. The molecule has 106 valence electrons. The predicted octanol–water partition coefficient (Wildman–Crippen LogP) is 1.67. The molecule has 1 N–H and O–H groups in total. The number of hydrogen-bond donors (Lipinski definition) is 1. The average molecular weight is 294 g/mol. The highest BCUT2D eigenvalue weighted by Crippen LogP contribution is 2.19. The second-order valence-corrected chi connectivity index (χ2v) is 5.38. The summed E-state index contributed by atoms with van der Waals surface area (Å²) in [7, 11) is 1.58. The molecule has 0 aliphatic carbocycles. The van der Waals surface area contributed by atoms with Gasteiger partial charge in [0.2, 0.25) is 5.28 Å². The van der Waals surface area contributed by atoms with E-state index in [4.69, 9.17) is 16.3 Å². The van der Waals surface area contributed by atoms with Crippen LogP contribution >= 0.6 is 11.6 Å². The van der Waals surface area contributed by atoms with Crippen LogP contribution in [-0.2, 0) is 6.54 Å². The van der Waals surface area contributed by atoms with Gasteiger partial charge in [0.15, 0.2) is 0 Å². The summed E-state index contributed by atoms with van der Waals surface area (Å²) in [5.74, 6) is 1.07. The smallest absolute Gasteiger partial charge is 0.262 e. The van der Waals surface area contributed by atoms with Gasteiger partial charge >= 0.3 is 0 Å². The van der Waals surface area contributed by atoms with Gasteiger partial charge in [0, 0.05) is 6.54 Å². The van der Waals surface area contributed by atoms with Crippen LogP contribution in [0.1, 0.15) is 6.42 Å². The lowest BCUT2D eigenvalue weighted by molar-refractivity contribution is 0.415. The standard InChI is InChI=1S/C14H16ClN3O2/c1-20-10-2-3-12-11(6-10)13(19)18(14(15)17-12)8-9-4-5-16-7-9/h2-3,6,9,16H,4-5,7-8H2,1H3. The van der Waals surface area contributed by atoms with Crippen LogP contribution in [0.2, 0.25) is 5.28 Å². The first-order valence-corrected chi connectivity index (χ1v) is 7.01. The fourth-order valence-corrected chi connectivity index (χ4v) is 2.82. The maximum Gasteiger partial charge on any atom is 0.262 e. The third-order valence-electron chi connectivity index (χ3n) is 3.72. The number of halogens is 1. The molecule has 5 nitrogen and oxygen atoms in total. The molecular formula is C14H16ClN3O2. The molecule has 0 radical (unpaired) electrons. The molecule has 1 fully saturated rings. The number of benzene rings is 1. The number of nitrogens with one attached hydrogen (secondary N) is 1. The number of nitrogens with zero attached hydrogens (tertiary/aromatic N) is 2. The highest BCUT2D eigenvalue weighted by atomic mass is 35.5. The largest absolute Gasteiger partial charge is 0.497 e. The summed E-state index contributed by atoms with van der Waals surface area (Å²) in [4.78, 5) is 16.9. The molecule has 1 aromatic heterocycles. The number of hydrogen-bond acceptors (Lipinski definition) is 4. The maximum absolute atomic E-state index is 12.6. The zero-order valence-corrected chi connectivity index (χ0v) is 12.0. The normalized spacial score (nSPS) is 18.6. The van der Waals surface area contributed by atoms with Crippen LogP contribution in [0.25, 0.3) is 10.9 Å². The van der Waals surface area contributed by atoms with Gasteiger partial charge in [0.05, 0.1) is 18.0 Å². The molecular weight excluding hydrogens is 278 g/mol. The summed E-state index contributed by atoms with van der Waals surface area (Å²) in [5, 5.41) is 4.08. The summed E-state index contributed by atoms with van der Waals surface area (Å²) in [6.45, 7) is 2.51. The van der Waals surface area contributed by atoms with Gasteiger partial charge in [0.1, 0.15) is 5.75 Å². The van der Waals surface area contributed by atoms with Crippen molar-refractivity contribution in [3.05, 3.63) is 33.8 Å². The van der Waals surface area contributed by atoms with E-state index in [2.05, 4.69) is 10.3 Å². The minimum absolute atomic E-state index is 0.106. The van der Waals surface area contributed by atoms with Crippen molar-refractivity contribution in [2.24, 2.45) is 5.92 Å². The first-order chi connectivity index (χ1) is 9.69. The van der Waals surface area contributed by atoms with Gasteiger partial charge in [-0.3, -0.25) is 9.36 Å². The van der Waals surface area contributed by atoms with Crippen LogP contribution in [0.5, 0.6) is 5.75 Å². The fraction of sp³-hybridized carbons (Fsp3) is 0.429. The van der Waals surface area contributed by atoms with Crippen LogP contribution in [0.15, 0.2) is 23.0 Å². The highest BCUT2D eigenvalue weighted by molar-refractivity contribution is 6.28. The third kappa shape index (κ3) is 2.39. The Morgan fingerprint density at radius 3 is 3.10 bits per heavy atom. The van der Waals surface area contributed by atoms with Crippen LogP contribution in [0.4, 0.5) is 0 Å². The quantitative estimate of drug-likeness (QED) is 0.875. The SMILES string of the molecule is COc1ccc2nc(Cl)n(CC3CCNC3)c(=O)c2c1. The second-order valence-electron chi connectivity index (χ2n) is 5.04. The van der Waals surface area contributed by atoms with Gasteiger partial charge in [-0.05, 0) is 55.2 Å². The predicted molar refractivity (Wildman–Crippen MR) is 78.5 cm³/mol. The van der Waals surface area contributed by atoms with Crippen molar-refractivity contribution < 1.29 is 4.74 Å². The van der Waals surface area contributed by atoms with Crippen LogP contribution in [-0.4, -0.2) is 29.8 Å². The molecule has 6 heteroatoms. The lowest BCUT2D eigenvalue weighted by atomic mass is 10.1. The average Bonchev–Trinajstić information content (AvgIpc) is 2.96. The molecule has 1 aliphatic heterocycles. The molecule has 3 rings (SSSR count). The van der Waals surface area contributed by atoms with Crippen molar-refractivity contribution in [3.8, 4) is 5.75 Å². The molecule has 1 atom stereocenters. The first-order valence-electron chi connectivity index (χ1n) is 6.64. The lowest BCUT2D eigenvalue weighted by Gasteiger charge is -2.13. The number of fused-ring (bicyclic) bond motifs is 1. The Labute approximate surface area is 121 Å². The van der Waals surface area contributed by atoms with Crippen LogP contribution in [0, 0.1) is 5.92 Å². The van der Waals surface area contributed by atoms with Crippen molar-refractivity contribution in [2.75, 3.05) is 20.2 Å². The molecule has 2 heterocycles. The zero-order chi connectivity index (χ0) is 14.1. The number of ether oxygens (including phenoxy) is 1. The van der Waals surface area contributed by atoms with Gasteiger partial charge in [-0.2, -0.15) is 0 Å². The highest BCUT2D eigenvalue weighted by Gasteiger charge is 2.18. The third-order valence-corrected chi connectivity index (χ3v) is 4.01. The molecule has 1 aliphatic rings. The van der Waals surface area contributed by atoms with Gasteiger partial charge in [-0.1, -0.05) is 0 Å². The van der Waals surface area contributed by atoms with Crippen LogP contribution < -0.4 is 15.6 Å². The Kier molecular flexibility index (Phi) is 3.63. The van der Waals surface area contributed by atoms with Gasteiger partial charge < -0.3 is 10.1 Å². The number of aromatic nitrogens is 2. The number of methoxy groups -OCH3 is 1. The second kappa shape index (κ2) is 5.42. The Hall–Kier alpha value is -1.59. The van der Waals surface area contributed by atoms with Gasteiger partial charge in [0.25, 0.3) is 5.56 Å². The fourth-order valence-electron chi connectivity index (χ4n) is 2.59. The first kappa shape index (κ1) is 13.4. The van der Waals surface area contributed by atoms with Gasteiger partial charge in [-0.15, -0.1) is 0 Å².